The second kappa shape index (κ2) is 7.10. The van der Waals surface area contributed by atoms with Gasteiger partial charge in [0.1, 0.15) is 0 Å². The van der Waals surface area contributed by atoms with E-state index < -0.39 is 0 Å². The number of hydrogen-bond acceptors (Lipinski definition) is 4. The molecule has 2 aromatic carbocycles. The van der Waals surface area contributed by atoms with Crippen LogP contribution >= 0.6 is 47.1 Å². The quantitative estimate of drug-likeness (QED) is 0.604. The maximum Gasteiger partial charge on any atom is 0.180 e. The van der Waals surface area contributed by atoms with E-state index in [-0.39, 0.29) is 24.0 Å². The predicted molar refractivity (Wildman–Crippen MR) is 97.9 cm³/mol. The summed E-state index contributed by atoms with van der Waals surface area (Å²) < 4.78 is 0. The summed E-state index contributed by atoms with van der Waals surface area (Å²) in [7, 11) is 0. The number of nitrogens with zero attached hydrogens (tertiary/aromatic N) is 1. The van der Waals surface area contributed by atoms with Gasteiger partial charge in [0.15, 0.2) is 5.13 Å². The van der Waals surface area contributed by atoms with Crippen molar-refractivity contribution < 1.29 is 0 Å². The molecule has 0 aliphatic carbocycles. The predicted octanol–water partition coefficient (Wildman–Crippen LogP) is 5.16. The van der Waals surface area contributed by atoms with Crippen LogP contribution in [0.2, 0.25) is 0 Å². The maximum atomic E-state index is 5.65. The minimum atomic E-state index is 0. The first-order chi connectivity index (χ1) is 9.31. The van der Waals surface area contributed by atoms with Crippen LogP contribution in [0.4, 0.5) is 5.13 Å². The summed E-state index contributed by atoms with van der Waals surface area (Å²) in [4.78, 5) is 6.75. The fraction of sp³-hybridized carbons (Fsp3) is 0. The Balaban J connectivity index is 0.00000147. The SMILES string of the molecule is I.Nc1nc(-c2ccc(Sc3ccccc3)cc2)cs1. The second-order valence-corrected chi connectivity index (χ2v) is 6.05. The molecule has 20 heavy (non-hydrogen) atoms. The van der Waals surface area contributed by atoms with Crippen molar-refractivity contribution in [3.8, 4) is 11.3 Å². The number of halogens is 1. The van der Waals surface area contributed by atoms with Crippen molar-refractivity contribution in [2.75, 3.05) is 5.73 Å². The smallest absolute Gasteiger partial charge is 0.180 e. The van der Waals surface area contributed by atoms with E-state index in [1.54, 1.807) is 11.8 Å². The second-order valence-electron chi connectivity index (χ2n) is 4.01. The third kappa shape index (κ3) is 3.74. The number of rotatable bonds is 3. The van der Waals surface area contributed by atoms with Gasteiger partial charge in [0.05, 0.1) is 5.69 Å². The molecule has 0 aliphatic rings. The molecule has 0 spiro atoms. The zero-order valence-electron chi connectivity index (χ0n) is 10.5. The van der Waals surface area contributed by atoms with Crippen LogP contribution in [0.3, 0.4) is 0 Å². The van der Waals surface area contributed by atoms with E-state index in [0.29, 0.717) is 5.13 Å². The van der Waals surface area contributed by atoms with Crippen LogP contribution in [-0.4, -0.2) is 4.98 Å². The Labute approximate surface area is 143 Å². The number of hydrogen-bond donors (Lipinski definition) is 1. The highest BCUT2D eigenvalue weighted by atomic mass is 127. The number of thiazole rings is 1. The third-order valence-electron chi connectivity index (χ3n) is 2.65. The zero-order chi connectivity index (χ0) is 13.1. The number of anilines is 1. The van der Waals surface area contributed by atoms with E-state index in [1.807, 2.05) is 11.4 Å². The Morgan fingerprint density at radius 2 is 1.55 bits per heavy atom. The van der Waals surface area contributed by atoms with E-state index in [4.69, 9.17) is 5.73 Å². The molecule has 0 amide bonds. The Kier molecular flexibility index (Phi) is 5.45. The van der Waals surface area contributed by atoms with Crippen molar-refractivity contribution in [1.82, 2.24) is 4.98 Å². The van der Waals surface area contributed by atoms with E-state index in [9.17, 15) is 0 Å². The average molecular weight is 412 g/mol. The summed E-state index contributed by atoms with van der Waals surface area (Å²) >= 11 is 3.22. The molecule has 3 aromatic rings. The first-order valence-electron chi connectivity index (χ1n) is 5.85. The highest BCUT2D eigenvalue weighted by molar-refractivity contribution is 14.0. The van der Waals surface area contributed by atoms with Crippen LogP contribution in [0, 0.1) is 0 Å². The largest absolute Gasteiger partial charge is 0.375 e. The monoisotopic (exact) mass is 412 g/mol. The molecule has 1 heterocycles. The van der Waals surface area contributed by atoms with Crippen LogP contribution in [-0.2, 0) is 0 Å². The fourth-order valence-corrected chi connectivity index (χ4v) is 3.15. The molecule has 5 heteroatoms. The van der Waals surface area contributed by atoms with Gasteiger partial charge < -0.3 is 5.73 Å². The third-order valence-corrected chi connectivity index (χ3v) is 4.34. The number of nitrogen functional groups attached to an aromatic ring is 1. The molecule has 102 valence electrons. The van der Waals surface area contributed by atoms with Crippen LogP contribution in [0.25, 0.3) is 11.3 Å². The van der Waals surface area contributed by atoms with Crippen molar-refractivity contribution in [2.24, 2.45) is 0 Å². The molecule has 2 N–H and O–H groups in total. The van der Waals surface area contributed by atoms with Gasteiger partial charge in [-0.1, -0.05) is 42.1 Å². The van der Waals surface area contributed by atoms with Crippen molar-refractivity contribution in [2.45, 2.75) is 9.79 Å². The number of benzene rings is 2. The van der Waals surface area contributed by atoms with Crippen molar-refractivity contribution in [3.05, 3.63) is 60.0 Å². The van der Waals surface area contributed by atoms with Gasteiger partial charge in [0.2, 0.25) is 0 Å². The molecule has 0 fully saturated rings. The standard InChI is InChI=1S/C15H12N2S2.HI/c16-15-17-14(10-18-15)11-6-8-13(9-7-11)19-12-4-2-1-3-5-12;/h1-10H,(H2,16,17);1H. The lowest BCUT2D eigenvalue weighted by Gasteiger charge is -2.02. The van der Waals surface area contributed by atoms with Gasteiger partial charge in [-0.3, -0.25) is 0 Å². The molecule has 0 aliphatic heterocycles. The molecule has 0 atom stereocenters. The van der Waals surface area contributed by atoms with Gasteiger partial charge in [-0.2, -0.15) is 0 Å². The highest BCUT2D eigenvalue weighted by Crippen LogP contribution is 2.30. The minimum absolute atomic E-state index is 0. The van der Waals surface area contributed by atoms with E-state index in [1.165, 1.54) is 21.1 Å². The molecule has 3 rings (SSSR count). The molecule has 1 aromatic heterocycles. The summed E-state index contributed by atoms with van der Waals surface area (Å²) in [6.07, 6.45) is 0. The molecular weight excluding hydrogens is 399 g/mol. The Bertz CT molecular complexity index is 666. The summed E-state index contributed by atoms with van der Waals surface area (Å²) in [5.74, 6) is 0. The first kappa shape index (κ1) is 15.3. The van der Waals surface area contributed by atoms with Crippen LogP contribution < -0.4 is 5.73 Å². The van der Waals surface area contributed by atoms with Gasteiger partial charge >= 0.3 is 0 Å². The Morgan fingerprint density at radius 3 is 2.15 bits per heavy atom. The fourth-order valence-electron chi connectivity index (χ4n) is 1.74. The topological polar surface area (TPSA) is 38.9 Å². The van der Waals surface area contributed by atoms with E-state index in [2.05, 4.69) is 53.5 Å². The molecule has 0 saturated carbocycles. The number of aromatic nitrogens is 1. The summed E-state index contributed by atoms with van der Waals surface area (Å²) in [6, 6.07) is 18.7. The van der Waals surface area contributed by atoms with Gasteiger partial charge in [0, 0.05) is 20.7 Å². The van der Waals surface area contributed by atoms with E-state index in [0.717, 1.165) is 11.3 Å². The first-order valence-corrected chi connectivity index (χ1v) is 7.55. The zero-order valence-corrected chi connectivity index (χ0v) is 14.5. The summed E-state index contributed by atoms with van der Waals surface area (Å²) in [5.41, 5.74) is 7.70. The van der Waals surface area contributed by atoms with Gasteiger partial charge in [-0.25, -0.2) is 4.98 Å². The lowest BCUT2D eigenvalue weighted by Crippen LogP contribution is -1.83. The highest BCUT2D eigenvalue weighted by Gasteiger charge is 2.03. The maximum absolute atomic E-state index is 5.65. The van der Waals surface area contributed by atoms with Crippen LogP contribution in [0.1, 0.15) is 0 Å². The lowest BCUT2D eigenvalue weighted by molar-refractivity contribution is 1.37. The summed E-state index contributed by atoms with van der Waals surface area (Å²) in [5, 5.41) is 2.59. The van der Waals surface area contributed by atoms with Crippen molar-refractivity contribution in [1.29, 1.82) is 0 Å². The van der Waals surface area contributed by atoms with E-state index >= 15 is 0 Å². The Hall–Kier alpha value is -1.05. The molecule has 0 radical (unpaired) electrons. The van der Waals surface area contributed by atoms with Crippen molar-refractivity contribution >= 4 is 52.2 Å². The number of nitrogens with two attached hydrogens (primary N) is 1. The van der Waals surface area contributed by atoms with Crippen LogP contribution in [0.5, 0.6) is 0 Å². The molecule has 2 nitrogen and oxygen atoms in total. The normalized spacial score (nSPS) is 10.0. The van der Waals surface area contributed by atoms with Crippen molar-refractivity contribution in [3.63, 3.8) is 0 Å². The van der Waals surface area contributed by atoms with Gasteiger partial charge in [-0.15, -0.1) is 35.3 Å². The molecule has 0 unspecified atom stereocenters. The minimum Gasteiger partial charge on any atom is -0.375 e. The van der Waals surface area contributed by atoms with Gasteiger partial charge in [-0.05, 0) is 24.3 Å². The Morgan fingerprint density at radius 1 is 0.900 bits per heavy atom. The lowest BCUT2D eigenvalue weighted by atomic mass is 10.2. The average Bonchev–Trinajstić information content (AvgIpc) is 2.87. The van der Waals surface area contributed by atoms with Gasteiger partial charge in [0.25, 0.3) is 0 Å². The molecule has 0 saturated heterocycles. The molecular formula is C15H13IN2S2. The van der Waals surface area contributed by atoms with Crippen LogP contribution in [0.15, 0.2) is 69.8 Å². The summed E-state index contributed by atoms with van der Waals surface area (Å²) in [6.45, 7) is 0. The molecule has 0 bridgehead atoms.